The highest BCUT2D eigenvalue weighted by molar-refractivity contribution is 4.92. The minimum atomic E-state index is 0.259. The van der Waals surface area contributed by atoms with E-state index >= 15 is 0 Å². The number of rotatable bonds is 6. The van der Waals surface area contributed by atoms with Crippen LogP contribution in [0.2, 0.25) is 0 Å². The lowest BCUT2D eigenvalue weighted by Crippen LogP contribution is -2.54. The fraction of sp³-hybridized carbons (Fsp3) is 1.00. The lowest BCUT2D eigenvalue weighted by Gasteiger charge is -2.44. The maximum Gasteiger partial charge on any atom is 0.0593 e. The Hall–Kier alpha value is -0.120. The van der Waals surface area contributed by atoms with Crippen LogP contribution in [0, 0.1) is 0 Å². The lowest BCUT2D eigenvalue weighted by molar-refractivity contribution is 0.0453. The molecule has 3 heteroatoms. The number of hydrogen-bond donors (Lipinski definition) is 1. The van der Waals surface area contributed by atoms with E-state index in [0.29, 0.717) is 0 Å². The molecule has 0 aromatic carbocycles. The zero-order valence-corrected chi connectivity index (χ0v) is 10.3. The van der Waals surface area contributed by atoms with Gasteiger partial charge in [0.2, 0.25) is 0 Å². The number of hydrogen-bond acceptors (Lipinski definition) is 3. The predicted molar refractivity (Wildman–Crippen MR) is 64.0 cm³/mol. The van der Waals surface area contributed by atoms with Crippen LogP contribution in [-0.2, 0) is 4.74 Å². The quantitative estimate of drug-likeness (QED) is 0.683. The summed E-state index contributed by atoms with van der Waals surface area (Å²) < 4.78 is 5.40. The minimum absolute atomic E-state index is 0.259. The molecule has 0 heterocycles. The number of nitrogens with zero attached hydrogens (tertiary/aromatic N) is 1. The highest BCUT2D eigenvalue weighted by atomic mass is 16.5. The molecule has 3 nitrogen and oxygen atoms in total. The second-order valence-electron chi connectivity index (χ2n) is 4.61. The Morgan fingerprint density at radius 1 is 1.27 bits per heavy atom. The largest absolute Gasteiger partial charge is 0.380 e. The topological polar surface area (TPSA) is 38.5 Å². The molecule has 0 saturated heterocycles. The standard InChI is InChI=1S/C12H26N2O/c1-3-15-10-9-14(2)12(11-13)7-5-4-6-8-12/h3-11,13H2,1-2H3. The molecule has 0 radical (unpaired) electrons. The smallest absolute Gasteiger partial charge is 0.0593 e. The van der Waals surface area contributed by atoms with Crippen molar-refractivity contribution in [1.82, 2.24) is 4.90 Å². The van der Waals surface area contributed by atoms with Crippen LogP contribution in [0.4, 0.5) is 0 Å². The summed E-state index contributed by atoms with van der Waals surface area (Å²) in [6.45, 7) is 5.47. The highest BCUT2D eigenvalue weighted by Crippen LogP contribution is 2.31. The third-order valence-corrected chi connectivity index (χ3v) is 3.75. The van der Waals surface area contributed by atoms with Gasteiger partial charge in [0, 0.05) is 25.2 Å². The molecule has 0 aromatic rings. The molecule has 0 atom stereocenters. The summed E-state index contributed by atoms with van der Waals surface area (Å²) in [5.74, 6) is 0. The van der Waals surface area contributed by atoms with Gasteiger partial charge in [-0.15, -0.1) is 0 Å². The summed E-state index contributed by atoms with van der Waals surface area (Å²) in [7, 11) is 2.19. The van der Waals surface area contributed by atoms with E-state index in [1.807, 2.05) is 6.92 Å². The summed E-state index contributed by atoms with van der Waals surface area (Å²) in [6, 6.07) is 0. The summed E-state index contributed by atoms with van der Waals surface area (Å²) in [6.07, 6.45) is 6.55. The number of ether oxygens (including phenoxy) is 1. The molecule has 0 bridgehead atoms. The first-order valence-corrected chi connectivity index (χ1v) is 6.24. The van der Waals surface area contributed by atoms with E-state index < -0.39 is 0 Å². The van der Waals surface area contributed by atoms with Crippen molar-refractivity contribution in [1.29, 1.82) is 0 Å². The van der Waals surface area contributed by atoms with Crippen molar-refractivity contribution in [3.05, 3.63) is 0 Å². The van der Waals surface area contributed by atoms with Gasteiger partial charge in [-0.2, -0.15) is 0 Å². The molecule has 90 valence electrons. The molecule has 15 heavy (non-hydrogen) atoms. The zero-order valence-electron chi connectivity index (χ0n) is 10.3. The summed E-state index contributed by atoms with van der Waals surface area (Å²) >= 11 is 0. The molecular formula is C12H26N2O. The van der Waals surface area contributed by atoms with E-state index in [2.05, 4.69) is 11.9 Å². The van der Waals surface area contributed by atoms with E-state index in [1.165, 1.54) is 32.1 Å². The first-order chi connectivity index (χ1) is 7.25. The van der Waals surface area contributed by atoms with Gasteiger partial charge in [0.25, 0.3) is 0 Å². The van der Waals surface area contributed by atoms with Crippen LogP contribution in [0.5, 0.6) is 0 Å². The van der Waals surface area contributed by atoms with Crippen LogP contribution in [0.1, 0.15) is 39.0 Å². The van der Waals surface area contributed by atoms with Gasteiger partial charge in [0.15, 0.2) is 0 Å². The molecule has 1 aliphatic carbocycles. The summed E-state index contributed by atoms with van der Waals surface area (Å²) in [4.78, 5) is 2.42. The molecular weight excluding hydrogens is 188 g/mol. The molecule has 0 aliphatic heterocycles. The van der Waals surface area contributed by atoms with E-state index in [0.717, 1.165) is 26.3 Å². The van der Waals surface area contributed by atoms with E-state index in [9.17, 15) is 0 Å². The second kappa shape index (κ2) is 6.46. The molecule has 2 N–H and O–H groups in total. The fourth-order valence-corrected chi connectivity index (χ4v) is 2.53. The third-order valence-electron chi connectivity index (χ3n) is 3.75. The van der Waals surface area contributed by atoms with E-state index in [-0.39, 0.29) is 5.54 Å². The Morgan fingerprint density at radius 2 is 1.93 bits per heavy atom. The van der Waals surface area contributed by atoms with Crippen molar-refractivity contribution in [2.24, 2.45) is 5.73 Å². The van der Waals surface area contributed by atoms with Gasteiger partial charge in [-0.25, -0.2) is 0 Å². The SMILES string of the molecule is CCOCCN(C)C1(CN)CCCCC1. The Balaban J connectivity index is 2.40. The van der Waals surface area contributed by atoms with Gasteiger partial charge < -0.3 is 10.5 Å². The highest BCUT2D eigenvalue weighted by Gasteiger charge is 2.34. The zero-order chi connectivity index (χ0) is 11.1. The Kier molecular flexibility index (Phi) is 5.58. The van der Waals surface area contributed by atoms with Crippen molar-refractivity contribution in [3.8, 4) is 0 Å². The van der Waals surface area contributed by atoms with Crippen molar-refractivity contribution >= 4 is 0 Å². The van der Waals surface area contributed by atoms with Crippen molar-refractivity contribution in [2.75, 3.05) is 33.4 Å². The normalized spacial score (nSPS) is 20.8. The first-order valence-electron chi connectivity index (χ1n) is 6.24. The van der Waals surface area contributed by atoms with Crippen LogP contribution < -0.4 is 5.73 Å². The van der Waals surface area contributed by atoms with Gasteiger partial charge in [-0.1, -0.05) is 19.3 Å². The van der Waals surface area contributed by atoms with Crippen molar-refractivity contribution < 1.29 is 4.74 Å². The van der Waals surface area contributed by atoms with Gasteiger partial charge in [0.1, 0.15) is 0 Å². The summed E-state index contributed by atoms with van der Waals surface area (Å²) in [5, 5.41) is 0. The number of nitrogens with two attached hydrogens (primary N) is 1. The van der Waals surface area contributed by atoms with Gasteiger partial charge in [-0.3, -0.25) is 4.90 Å². The molecule has 1 rings (SSSR count). The Labute approximate surface area is 94.0 Å². The molecule has 0 spiro atoms. The average molecular weight is 214 g/mol. The molecule has 1 saturated carbocycles. The maximum atomic E-state index is 5.96. The fourth-order valence-electron chi connectivity index (χ4n) is 2.53. The van der Waals surface area contributed by atoms with Crippen LogP contribution in [0.3, 0.4) is 0 Å². The first kappa shape index (κ1) is 12.9. The second-order valence-corrected chi connectivity index (χ2v) is 4.61. The van der Waals surface area contributed by atoms with Gasteiger partial charge in [0.05, 0.1) is 6.61 Å². The van der Waals surface area contributed by atoms with Crippen LogP contribution >= 0.6 is 0 Å². The lowest BCUT2D eigenvalue weighted by atomic mass is 9.80. The minimum Gasteiger partial charge on any atom is -0.380 e. The van der Waals surface area contributed by atoms with E-state index in [1.54, 1.807) is 0 Å². The van der Waals surface area contributed by atoms with Crippen LogP contribution in [-0.4, -0.2) is 43.8 Å². The van der Waals surface area contributed by atoms with Crippen molar-refractivity contribution in [2.45, 2.75) is 44.6 Å². The average Bonchev–Trinajstić information content (AvgIpc) is 2.30. The molecule has 0 amide bonds. The Morgan fingerprint density at radius 3 is 2.47 bits per heavy atom. The molecule has 0 aromatic heterocycles. The predicted octanol–water partition coefficient (Wildman–Crippen LogP) is 1.62. The molecule has 0 unspecified atom stereocenters. The third kappa shape index (κ3) is 3.44. The van der Waals surface area contributed by atoms with Crippen LogP contribution in [0.15, 0.2) is 0 Å². The maximum absolute atomic E-state index is 5.96. The van der Waals surface area contributed by atoms with Gasteiger partial charge in [-0.05, 0) is 26.8 Å². The monoisotopic (exact) mass is 214 g/mol. The van der Waals surface area contributed by atoms with Gasteiger partial charge >= 0.3 is 0 Å². The van der Waals surface area contributed by atoms with E-state index in [4.69, 9.17) is 10.5 Å². The Bertz CT molecular complexity index is 167. The molecule has 1 aliphatic rings. The summed E-state index contributed by atoms with van der Waals surface area (Å²) in [5.41, 5.74) is 6.22. The van der Waals surface area contributed by atoms with Crippen molar-refractivity contribution in [3.63, 3.8) is 0 Å². The number of likely N-dealkylation sites (N-methyl/N-ethyl adjacent to an activating group) is 1. The molecule has 1 fully saturated rings. The van der Waals surface area contributed by atoms with Crippen LogP contribution in [0.25, 0.3) is 0 Å².